The predicted octanol–water partition coefficient (Wildman–Crippen LogP) is 2.50. The van der Waals surface area contributed by atoms with E-state index in [1.807, 2.05) is 6.92 Å². The SMILES string of the molecule is CC1(C)CC2=C[C@@H](CO)CC[C@@](C)(O)[C@@H]2C1. The van der Waals surface area contributed by atoms with Crippen LogP contribution in [0, 0.1) is 17.3 Å². The van der Waals surface area contributed by atoms with Crippen LogP contribution in [0.15, 0.2) is 11.6 Å². The molecule has 0 heterocycles. The summed E-state index contributed by atoms with van der Waals surface area (Å²) in [5.41, 5.74) is 1.10. The van der Waals surface area contributed by atoms with Crippen LogP contribution in [0.3, 0.4) is 0 Å². The van der Waals surface area contributed by atoms with Crippen molar-refractivity contribution in [2.75, 3.05) is 6.61 Å². The third-order valence-electron chi connectivity index (χ3n) is 4.34. The molecule has 3 atom stereocenters. The van der Waals surface area contributed by atoms with Gasteiger partial charge in [-0.25, -0.2) is 0 Å². The Morgan fingerprint density at radius 3 is 2.69 bits per heavy atom. The number of aliphatic hydroxyl groups is 2. The quantitative estimate of drug-likeness (QED) is 0.672. The number of hydrogen-bond donors (Lipinski definition) is 2. The van der Waals surface area contributed by atoms with Crippen molar-refractivity contribution in [3.05, 3.63) is 11.6 Å². The van der Waals surface area contributed by atoms with Crippen molar-refractivity contribution >= 4 is 0 Å². The molecule has 0 aliphatic heterocycles. The first-order valence-electron chi connectivity index (χ1n) is 6.38. The van der Waals surface area contributed by atoms with E-state index >= 15 is 0 Å². The summed E-state index contributed by atoms with van der Waals surface area (Å²) in [6.45, 7) is 6.72. The highest BCUT2D eigenvalue weighted by Crippen LogP contribution is 2.51. The van der Waals surface area contributed by atoms with Crippen LogP contribution in [-0.2, 0) is 0 Å². The van der Waals surface area contributed by atoms with E-state index in [0.29, 0.717) is 11.3 Å². The molecule has 1 saturated carbocycles. The Bertz CT molecular complexity index is 302. The molecular formula is C14H24O2. The highest BCUT2D eigenvalue weighted by molar-refractivity contribution is 5.22. The first-order valence-corrected chi connectivity index (χ1v) is 6.38. The molecule has 0 aromatic rings. The smallest absolute Gasteiger partial charge is 0.0685 e. The minimum Gasteiger partial charge on any atom is -0.396 e. The molecule has 2 heteroatoms. The van der Waals surface area contributed by atoms with Gasteiger partial charge in [-0.3, -0.25) is 0 Å². The van der Waals surface area contributed by atoms with Crippen LogP contribution in [0.5, 0.6) is 0 Å². The van der Waals surface area contributed by atoms with Crippen LogP contribution >= 0.6 is 0 Å². The summed E-state index contributed by atoms with van der Waals surface area (Å²) < 4.78 is 0. The maximum atomic E-state index is 10.5. The average molecular weight is 224 g/mol. The van der Waals surface area contributed by atoms with Crippen molar-refractivity contribution in [3.8, 4) is 0 Å². The van der Waals surface area contributed by atoms with E-state index < -0.39 is 5.60 Å². The van der Waals surface area contributed by atoms with Crippen LogP contribution in [-0.4, -0.2) is 22.4 Å². The third kappa shape index (κ3) is 2.18. The molecule has 0 aromatic heterocycles. The van der Waals surface area contributed by atoms with Gasteiger partial charge in [0, 0.05) is 18.4 Å². The standard InChI is InChI=1S/C14H24O2/c1-13(2)7-11-6-10(9-15)4-5-14(3,16)12(11)8-13/h6,10,12,15-16H,4-5,7-9H2,1-3H3/t10-,12+,14+/m0/s1. The molecule has 0 spiro atoms. The Labute approximate surface area is 98.4 Å². The van der Waals surface area contributed by atoms with Crippen LogP contribution in [0.4, 0.5) is 0 Å². The summed E-state index contributed by atoms with van der Waals surface area (Å²) in [5.74, 6) is 0.555. The Kier molecular flexibility index (Phi) is 2.92. The van der Waals surface area contributed by atoms with Gasteiger partial charge in [0.1, 0.15) is 0 Å². The molecule has 92 valence electrons. The first kappa shape index (κ1) is 12.1. The van der Waals surface area contributed by atoms with Gasteiger partial charge >= 0.3 is 0 Å². The van der Waals surface area contributed by atoms with Gasteiger partial charge in [-0.1, -0.05) is 25.5 Å². The van der Waals surface area contributed by atoms with Crippen molar-refractivity contribution in [2.24, 2.45) is 17.3 Å². The van der Waals surface area contributed by atoms with Crippen LogP contribution < -0.4 is 0 Å². The van der Waals surface area contributed by atoms with Gasteiger partial charge in [-0.05, 0) is 38.0 Å². The Hall–Kier alpha value is -0.340. The van der Waals surface area contributed by atoms with Crippen LogP contribution in [0.25, 0.3) is 0 Å². The number of aliphatic hydroxyl groups excluding tert-OH is 1. The van der Waals surface area contributed by atoms with E-state index in [9.17, 15) is 10.2 Å². The molecule has 2 aliphatic rings. The summed E-state index contributed by atoms with van der Waals surface area (Å²) in [5, 5.41) is 19.9. The molecule has 0 amide bonds. The fourth-order valence-electron chi connectivity index (χ4n) is 3.41. The lowest BCUT2D eigenvalue weighted by atomic mass is 9.81. The Morgan fingerprint density at radius 2 is 2.06 bits per heavy atom. The maximum absolute atomic E-state index is 10.5. The highest BCUT2D eigenvalue weighted by Gasteiger charge is 2.45. The van der Waals surface area contributed by atoms with E-state index in [1.165, 1.54) is 5.57 Å². The van der Waals surface area contributed by atoms with Crippen molar-refractivity contribution in [1.29, 1.82) is 0 Å². The van der Waals surface area contributed by atoms with Gasteiger partial charge in [0.2, 0.25) is 0 Å². The topological polar surface area (TPSA) is 40.5 Å². The molecule has 2 N–H and O–H groups in total. The third-order valence-corrected chi connectivity index (χ3v) is 4.34. The lowest BCUT2D eigenvalue weighted by Crippen LogP contribution is -2.33. The molecule has 0 aromatic carbocycles. The zero-order valence-electron chi connectivity index (χ0n) is 10.7. The second-order valence-electron chi connectivity index (χ2n) is 6.68. The molecule has 0 saturated heterocycles. The minimum absolute atomic E-state index is 0.215. The van der Waals surface area contributed by atoms with Crippen LogP contribution in [0.1, 0.15) is 46.5 Å². The summed E-state index contributed by atoms with van der Waals surface area (Å²) in [6, 6.07) is 0. The van der Waals surface area contributed by atoms with Gasteiger partial charge in [-0.15, -0.1) is 0 Å². The number of fused-ring (bicyclic) bond motifs is 1. The van der Waals surface area contributed by atoms with Gasteiger partial charge in [0.25, 0.3) is 0 Å². The molecular weight excluding hydrogens is 200 g/mol. The largest absolute Gasteiger partial charge is 0.396 e. The average Bonchev–Trinajstić information content (AvgIpc) is 2.43. The number of rotatable bonds is 1. The second-order valence-corrected chi connectivity index (χ2v) is 6.68. The molecule has 2 aliphatic carbocycles. The monoisotopic (exact) mass is 224 g/mol. The fourth-order valence-corrected chi connectivity index (χ4v) is 3.41. The minimum atomic E-state index is -0.580. The van der Waals surface area contributed by atoms with Gasteiger partial charge in [-0.2, -0.15) is 0 Å². The molecule has 2 rings (SSSR count). The van der Waals surface area contributed by atoms with Gasteiger partial charge < -0.3 is 10.2 Å². The molecule has 2 nitrogen and oxygen atoms in total. The number of hydrogen-bond acceptors (Lipinski definition) is 2. The Balaban J connectivity index is 2.30. The van der Waals surface area contributed by atoms with E-state index in [0.717, 1.165) is 25.7 Å². The summed E-state index contributed by atoms with van der Waals surface area (Å²) in [6.07, 6.45) is 6.10. The van der Waals surface area contributed by atoms with E-state index in [-0.39, 0.29) is 12.5 Å². The van der Waals surface area contributed by atoms with E-state index in [1.54, 1.807) is 0 Å². The maximum Gasteiger partial charge on any atom is 0.0685 e. The fraction of sp³-hybridized carbons (Fsp3) is 0.857. The first-order chi connectivity index (χ1) is 7.34. The van der Waals surface area contributed by atoms with Crippen molar-refractivity contribution in [1.82, 2.24) is 0 Å². The predicted molar refractivity (Wildman–Crippen MR) is 65.0 cm³/mol. The van der Waals surface area contributed by atoms with Gasteiger partial charge in [0.05, 0.1) is 5.60 Å². The Morgan fingerprint density at radius 1 is 1.38 bits per heavy atom. The molecule has 0 radical (unpaired) electrons. The van der Waals surface area contributed by atoms with Crippen molar-refractivity contribution in [3.63, 3.8) is 0 Å². The molecule has 0 unspecified atom stereocenters. The van der Waals surface area contributed by atoms with E-state index in [4.69, 9.17) is 0 Å². The molecule has 1 fully saturated rings. The zero-order valence-corrected chi connectivity index (χ0v) is 10.7. The highest BCUT2D eigenvalue weighted by atomic mass is 16.3. The van der Waals surface area contributed by atoms with E-state index in [2.05, 4.69) is 19.9 Å². The van der Waals surface area contributed by atoms with Crippen molar-refractivity contribution in [2.45, 2.75) is 52.1 Å². The second kappa shape index (κ2) is 3.85. The lowest BCUT2D eigenvalue weighted by molar-refractivity contribution is 0.000266. The lowest BCUT2D eigenvalue weighted by Gasteiger charge is -2.30. The summed E-state index contributed by atoms with van der Waals surface area (Å²) >= 11 is 0. The zero-order chi connectivity index (χ0) is 12.0. The van der Waals surface area contributed by atoms with Crippen molar-refractivity contribution < 1.29 is 10.2 Å². The molecule has 0 bridgehead atoms. The summed E-state index contributed by atoms with van der Waals surface area (Å²) in [4.78, 5) is 0. The normalized spacial score (nSPS) is 42.4. The summed E-state index contributed by atoms with van der Waals surface area (Å²) in [7, 11) is 0. The van der Waals surface area contributed by atoms with Crippen LogP contribution in [0.2, 0.25) is 0 Å². The van der Waals surface area contributed by atoms with Gasteiger partial charge in [0.15, 0.2) is 0 Å². The molecule has 16 heavy (non-hydrogen) atoms.